The molecule has 0 saturated heterocycles. The van der Waals surface area contributed by atoms with Gasteiger partial charge >= 0.3 is 0 Å². The minimum Gasteiger partial charge on any atom is -0.302 e. The van der Waals surface area contributed by atoms with Crippen LogP contribution in [0.25, 0.3) is 0 Å². The minimum atomic E-state index is 0.163. The third-order valence-electron chi connectivity index (χ3n) is 4.20. The highest BCUT2D eigenvalue weighted by Crippen LogP contribution is 2.42. The maximum Gasteiger partial charge on any atom is 0.0643 e. The summed E-state index contributed by atoms with van der Waals surface area (Å²) >= 11 is 0. The number of nitrogens with two attached hydrogens (primary N) is 1. The molecule has 0 aliphatic heterocycles. The second-order valence-corrected chi connectivity index (χ2v) is 5.22. The van der Waals surface area contributed by atoms with E-state index in [9.17, 15) is 0 Å². The van der Waals surface area contributed by atoms with E-state index in [2.05, 4.69) is 48.7 Å². The molecule has 1 unspecified atom stereocenters. The smallest absolute Gasteiger partial charge is 0.0643 e. The lowest BCUT2D eigenvalue weighted by Crippen LogP contribution is -2.53. The summed E-state index contributed by atoms with van der Waals surface area (Å²) < 4.78 is 0. The van der Waals surface area contributed by atoms with Crippen molar-refractivity contribution in [1.82, 2.24) is 10.3 Å². The minimum absolute atomic E-state index is 0.163. The lowest BCUT2D eigenvalue weighted by atomic mass is 9.83. The predicted molar refractivity (Wildman–Crippen MR) is 71.4 cm³/mol. The van der Waals surface area contributed by atoms with Crippen LogP contribution in [0.2, 0.25) is 0 Å². The zero-order valence-corrected chi connectivity index (χ0v) is 10.8. The van der Waals surface area contributed by atoms with Gasteiger partial charge in [-0.2, -0.15) is 0 Å². The topological polar surface area (TPSA) is 41.3 Å². The van der Waals surface area contributed by atoms with Gasteiger partial charge in [-0.15, -0.1) is 0 Å². The average molecular weight is 233 g/mol. The number of nitrogens with one attached hydrogen (secondary N) is 1. The van der Waals surface area contributed by atoms with Crippen molar-refractivity contribution in [3.8, 4) is 0 Å². The van der Waals surface area contributed by atoms with Crippen molar-refractivity contribution in [3.63, 3.8) is 0 Å². The van der Waals surface area contributed by atoms with Crippen molar-refractivity contribution in [3.05, 3.63) is 35.9 Å². The zero-order valence-electron chi connectivity index (χ0n) is 10.8. The van der Waals surface area contributed by atoms with Crippen LogP contribution >= 0.6 is 0 Å². The van der Waals surface area contributed by atoms with Gasteiger partial charge in [0, 0.05) is 5.54 Å². The van der Waals surface area contributed by atoms with Crippen molar-refractivity contribution in [2.75, 3.05) is 14.1 Å². The van der Waals surface area contributed by atoms with Crippen LogP contribution in [0.4, 0.5) is 0 Å². The number of benzene rings is 1. The molecular weight excluding hydrogens is 210 g/mol. The number of likely N-dealkylation sites (N-methyl/N-ethyl adjacent to an activating group) is 1. The molecule has 3 heteroatoms. The van der Waals surface area contributed by atoms with Crippen LogP contribution in [-0.4, -0.2) is 24.5 Å². The summed E-state index contributed by atoms with van der Waals surface area (Å²) in [7, 11) is 4.33. The fourth-order valence-corrected chi connectivity index (χ4v) is 3.19. The molecule has 3 nitrogen and oxygen atoms in total. The lowest BCUT2D eigenvalue weighted by Gasteiger charge is -2.43. The number of hydrazine groups is 1. The Morgan fingerprint density at radius 1 is 1.18 bits per heavy atom. The Balaban J connectivity index is 2.33. The highest BCUT2D eigenvalue weighted by atomic mass is 15.3. The summed E-state index contributed by atoms with van der Waals surface area (Å²) in [5.74, 6) is 5.83. The largest absolute Gasteiger partial charge is 0.302 e. The molecule has 1 fully saturated rings. The summed E-state index contributed by atoms with van der Waals surface area (Å²) in [6.45, 7) is 0. The van der Waals surface area contributed by atoms with Crippen LogP contribution in [0.1, 0.15) is 37.3 Å². The van der Waals surface area contributed by atoms with Gasteiger partial charge in [-0.05, 0) is 32.5 Å². The number of rotatable bonds is 4. The van der Waals surface area contributed by atoms with E-state index in [-0.39, 0.29) is 11.6 Å². The molecule has 94 valence electrons. The zero-order chi connectivity index (χ0) is 12.3. The predicted octanol–water partition coefficient (Wildman–Crippen LogP) is 2.07. The van der Waals surface area contributed by atoms with Gasteiger partial charge in [0.25, 0.3) is 0 Å². The summed E-state index contributed by atoms with van der Waals surface area (Å²) in [5.41, 5.74) is 4.49. The summed E-state index contributed by atoms with van der Waals surface area (Å²) in [5, 5.41) is 0. The monoisotopic (exact) mass is 233 g/mol. The van der Waals surface area contributed by atoms with E-state index in [1.807, 2.05) is 6.07 Å². The maximum atomic E-state index is 5.83. The van der Waals surface area contributed by atoms with E-state index in [0.29, 0.717) is 0 Å². The summed E-state index contributed by atoms with van der Waals surface area (Å²) in [6, 6.07) is 10.7. The van der Waals surface area contributed by atoms with Crippen LogP contribution in [-0.2, 0) is 0 Å². The molecule has 0 spiro atoms. The fourth-order valence-electron chi connectivity index (χ4n) is 3.19. The molecule has 1 saturated carbocycles. The number of hydrogen-bond donors (Lipinski definition) is 2. The van der Waals surface area contributed by atoms with Crippen LogP contribution in [0.15, 0.2) is 30.3 Å². The van der Waals surface area contributed by atoms with Gasteiger partial charge in [0.05, 0.1) is 6.04 Å². The first-order chi connectivity index (χ1) is 8.20. The van der Waals surface area contributed by atoms with Crippen LogP contribution < -0.4 is 11.3 Å². The molecule has 0 amide bonds. The van der Waals surface area contributed by atoms with E-state index < -0.39 is 0 Å². The van der Waals surface area contributed by atoms with Crippen LogP contribution in [0, 0.1) is 0 Å². The average Bonchev–Trinajstić information content (AvgIpc) is 2.82. The molecule has 0 radical (unpaired) electrons. The fraction of sp³-hybridized carbons (Fsp3) is 0.571. The third-order valence-corrected chi connectivity index (χ3v) is 4.20. The maximum absolute atomic E-state index is 5.83. The van der Waals surface area contributed by atoms with Crippen LogP contribution in [0.5, 0.6) is 0 Å². The highest BCUT2D eigenvalue weighted by Gasteiger charge is 2.43. The molecule has 1 aliphatic carbocycles. The Kier molecular flexibility index (Phi) is 3.82. The SMILES string of the molecule is CN(C)C1(C(NN)c2ccccc2)CCCC1. The Labute approximate surface area is 104 Å². The molecule has 1 aromatic rings. The first kappa shape index (κ1) is 12.6. The molecule has 1 aromatic carbocycles. The second kappa shape index (κ2) is 5.17. The van der Waals surface area contributed by atoms with Gasteiger partial charge in [-0.1, -0.05) is 43.2 Å². The van der Waals surface area contributed by atoms with E-state index in [1.165, 1.54) is 31.2 Å². The Morgan fingerprint density at radius 3 is 2.24 bits per heavy atom. The van der Waals surface area contributed by atoms with E-state index in [4.69, 9.17) is 5.84 Å². The normalized spacial score (nSPS) is 20.7. The van der Waals surface area contributed by atoms with E-state index >= 15 is 0 Å². The standard InChI is InChI=1S/C14H23N3/c1-17(2)14(10-6-7-11-14)13(16-15)12-8-4-3-5-9-12/h3-5,8-9,13,16H,6-7,10-11,15H2,1-2H3. The highest BCUT2D eigenvalue weighted by molar-refractivity contribution is 5.24. The molecule has 0 bridgehead atoms. The Bertz CT molecular complexity index is 342. The van der Waals surface area contributed by atoms with Gasteiger partial charge < -0.3 is 4.90 Å². The van der Waals surface area contributed by atoms with E-state index in [0.717, 1.165) is 0 Å². The van der Waals surface area contributed by atoms with Crippen molar-refractivity contribution in [1.29, 1.82) is 0 Å². The summed E-state index contributed by atoms with van der Waals surface area (Å²) in [4.78, 5) is 2.34. The third kappa shape index (κ3) is 2.23. The van der Waals surface area contributed by atoms with Gasteiger partial charge in [-0.25, -0.2) is 0 Å². The molecule has 1 atom stereocenters. The molecule has 0 heterocycles. The van der Waals surface area contributed by atoms with Gasteiger partial charge in [-0.3, -0.25) is 11.3 Å². The van der Waals surface area contributed by atoms with Crippen molar-refractivity contribution < 1.29 is 0 Å². The summed E-state index contributed by atoms with van der Waals surface area (Å²) in [6.07, 6.45) is 5.01. The Hall–Kier alpha value is -0.900. The second-order valence-electron chi connectivity index (χ2n) is 5.22. The number of hydrogen-bond acceptors (Lipinski definition) is 3. The first-order valence-electron chi connectivity index (χ1n) is 6.39. The number of nitrogens with zero attached hydrogens (tertiary/aromatic N) is 1. The van der Waals surface area contributed by atoms with Crippen molar-refractivity contribution in [2.45, 2.75) is 37.3 Å². The van der Waals surface area contributed by atoms with Gasteiger partial charge in [0.1, 0.15) is 0 Å². The molecular formula is C14H23N3. The quantitative estimate of drug-likeness (QED) is 0.618. The Morgan fingerprint density at radius 2 is 1.76 bits per heavy atom. The first-order valence-corrected chi connectivity index (χ1v) is 6.39. The van der Waals surface area contributed by atoms with Crippen molar-refractivity contribution in [2.24, 2.45) is 5.84 Å². The van der Waals surface area contributed by atoms with E-state index in [1.54, 1.807) is 0 Å². The molecule has 1 aliphatic rings. The molecule has 2 rings (SSSR count). The van der Waals surface area contributed by atoms with Crippen LogP contribution in [0.3, 0.4) is 0 Å². The van der Waals surface area contributed by atoms with Gasteiger partial charge in [0.2, 0.25) is 0 Å². The molecule has 17 heavy (non-hydrogen) atoms. The molecule has 3 N–H and O–H groups in total. The lowest BCUT2D eigenvalue weighted by molar-refractivity contribution is 0.105. The van der Waals surface area contributed by atoms with Gasteiger partial charge in [0.15, 0.2) is 0 Å². The van der Waals surface area contributed by atoms with Crippen molar-refractivity contribution >= 4 is 0 Å². The molecule has 0 aromatic heterocycles.